The van der Waals surface area contributed by atoms with Gasteiger partial charge in [-0.1, -0.05) is 18.9 Å². The van der Waals surface area contributed by atoms with Crippen LogP contribution in [0.4, 0.5) is 8.78 Å². The molecule has 100 valence electrons. The molecule has 0 spiro atoms. The molecule has 4 heteroatoms. The number of nitrogens with two attached hydrogens (primary N) is 1. The van der Waals surface area contributed by atoms with E-state index in [1.54, 1.807) is 0 Å². The molecule has 0 aliphatic carbocycles. The first-order chi connectivity index (χ1) is 8.69. The second kappa shape index (κ2) is 7.95. The lowest BCUT2D eigenvalue weighted by Crippen LogP contribution is -2.28. The zero-order chi connectivity index (χ0) is 13.4. The first-order valence-electron chi connectivity index (χ1n) is 6.21. The number of hydrazine groups is 1. The maximum absolute atomic E-state index is 13.6. The molecule has 0 aliphatic heterocycles. The van der Waals surface area contributed by atoms with Crippen LogP contribution in [0.5, 0.6) is 0 Å². The van der Waals surface area contributed by atoms with Gasteiger partial charge >= 0.3 is 0 Å². The topological polar surface area (TPSA) is 38.0 Å². The van der Waals surface area contributed by atoms with Gasteiger partial charge in [-0.05, 0) is 37.5 Å². The Kier molecular flexibility index (Phi) is 6.54. The van der Waals surface area contributed by atoms with Gasteiger partial charge in [-0.2, -0.15) is 0 Å². The van der Waals surface area contributed by atoms with E-state index in [9.17, 15) is 8.78 Å². The Morgan fingerprint density at radius 3 is 2.72 bits per heavy atom. The third-order valence-electron chi connectivity index (χ3n) is 2.94. The fourth-order valence-corrected chi connectivity index (χ4v) is 1.92. The van der Waals surface area contributed by atoms with Crippen molar-refractivity contribution in [3.8, 4) is 0 Å². The van der Waals surface area contributed by atoms with Crippen molar-refractivity contribution in [2.45, 2.75) is 38.1 Å². The van der Waals surface area contributed by atoms with Gasteiger partial charge in [0.15, 0.2) is 0 Å². The summed E-state index contributed by atoms with van der Waals surface area (Å²) in [6, 6.07) is 3.09. The number of hydrogen-bond donors (Lipinski definition) is 2. The molecule has 2 nitrogen and oxygen atoms in total. The number of hydrogen-bond acceptors (Lipinski definition) is 2. The molecule has 0 aromatic heterocycles. The molecule has 1 rings (SSSR count). The second-order valence-electron chi connectivity index (χ2n) is 4.31. The summed E-state index contributed by atoms with van der Waals surface area (Å²) in [5.41, 5.74) is 2.84. The molecular formula is C14H20F2N2. The van der Waals surface area contributed by atoms with Gasteiger partial charge in [-0.25, -0.2) is 8.78 Å². The average Bonchev–Trinajstić information content (AvgIpc) is 2.37. The Morgan fingerprint density at radius 1 is 1.28 bits per heavy atom. The van der Waals surface area contributed by atoms with Crippen LogP contribution in [0.1, 0.15) is 43.7 Å². The van der Waals surface area contributed by atoms with Gasteiger partial charge < -0.3 is 0 Å². The molecule has 1 atom stereocenters. The lowest BCUT2D eigenvalue weighted by Gasteiger charge is -2.17. The fraction of sp³-hybridized carbons (Fsp3) is 0.429. The highest BCUT2D eigenvalue weighted by Crippen LogP contribution is 2.23. The van der Waals surface area contributed by atoms with E-state index in [4.69, 9.17) is 5.84 Å². The van der Waals surface area contributed by atoms with Gasteiger partial charge in [-0.15, -0.1) is 6.58 Å². The second-order valence-corrected chi connectivity index (χ2v) is 4.31. The van der Waals surface area contributed by atoms with Crippen molar-refractivity contribution in [2.75, 3.05) is 0 Å². The normalized spacial score (nSPS) is 12.4. The van der Waals surface area contributed by atoms with Crippen molar-refractivity contribution < 1.29 is 8.78 Å². The third-order valence-corrected chi connectivity index (χ3v) is 2.94. The maximum Gasteiger partial charge on any atom is 0.128 e. The van der Waals surface area contributed by atoms with Crippen LogP contribution in [-0.2, 0) is 0 Å². The smallest absolute Gasteiger partial charge is 0.128 e. The molecule has 0 saturated carbocycles. The van der Waals surface area contributed by atoms with E-state index >= 15 is 0 Å². The van der Waals surface area contributed by atoms with Crippen molar-refractivity contribution in [3.05, 3.63) is 48.1 Å². The summed E-state index contributed by atoms with van der Waals surface area (Å²) < 4.78 is 26.6. The lowest BCUT2D eigenvalue weighted by atomic mass is 10.00. The number of halogens is 2. The molecule has 1 aromatic rings. The Bertz CT molecular complexity index is 380. The molecule has 18 heavy (non-hydrogen) atoms. The molecule has 0 saturated heterocycles. The molecule has 1 unspecified atom stereocenters. The first-order valence-corrected chi connectivity index (χ1v) is 6.21. The summed E-state index contributed by atoms with van der Waals surface area (Å²) in [5, 5.41) is 0. The maximum atomic E-state index is 13.6. The number of nitrogens with one attached hydrogen (secondary N) is 1. The van der Waals surface area contributed by atoms with E-state index < -0.39 is 11.6 Å². The summed E-state index contributed by atoms with van der Waals surface area (Å²) in [6.07, 6.45) is 6.56. The predicted octanol–water partition coefficient (Wildman–Crippen LogP) is 3.61. The Balaban J connectivity index is 2.54. The quantitative estimate of drug-likeness (QED) is 0.322. The molecule has 0 bridgehead atoms. The van der Waals surface area contributed by atoms with Crippen LogP contribution >= 0.6 is 0 Å². The largest absolute Gasteiger partial charge is 0.271 e. The summed E-state index contributed by atoms with van der Waals surface area (Å²) in [5.74, 6) is 4.54. The van der Waals surface area contributed by atoms with E-state index in [1.165, 1.54) is 6.07 Å². The Hall–Kier alpha value is -1.26. The van der Waals surface area contributed by atoms with Gasteiger partial charge in [0.05, 0.1) is 0 Å². The molecule has 0 aliphatic rings. The van der Waals surface area contributed by atoms with Crippen molar-refractivity contribution in [1.82, 2.24) is 5.43 Å². The van der Waals surface area contributed by atoms with Crippen LogP contribution in [0, 0.1) is 11.6 Å². The molecule has 1 aromatic carbocycles. The monoisotopic (exact) mass is 254 g/mol. The van der Waals surface area contributed by atoms with E-state index in [0.717, 1.165) is 37.8 Å². The van der Waals surface area contributed by atoms with Crippen LogP contribution < -0.4 is 11.3 Å². The lowest BCUT2D eigenvalue weighted by molar-refractivity contribution is 0.458. The Labute approximate surface area is 107 Å². The number of benzene rings is 1. The van der Waals surface area contributed by atoms with Crippen LogP contribution in [0.15, 0.2) is 30.9 Å². The van der Waals surface area contributed by atoms with Gasteiger partial charge in [0.1, 0.15) is 11.6 Å². The zero-order valence-corrected chi connectivity index (χ0v) is 10.5. The molecule has 0 heterocycles. The highest BCUT2D eigenvalue weighted by molar-refractivity contribution is 5.22. The van der Waals surface area contributed by atoms with Gasteiger partial charge in [0.2, 0.25) is 0 Å². The van der Waals surface area contributed by atoms with Crippen LogP contribution in [-0.4, -0.2) is 0 Å². The predicted molar refractivity (Wildman–Crippen MR) is 69.7 cm³/mol. The highest BCUT2D eigenvalue weighted by Gasteiger charge is 2.14. The van der Waals surface area contributed by atoms with Gasteiger partial charge in [-0.3, -0.25) is 11.3 Å². The SMILES string of the molecule is C=CCCCCCC(NN)c1cc(F)ccc1F. The summed E-state index contributed by atoms with van der Waals surface area (Å²) in [7, 11) is 0. The minimum atomic E-state index is -0.446. The molecule has 0 amide bonds. The molecule has 0 fully saturated rings. The fourth-order valence-electron chi connectivity index (χ4n) is 1.92. The van der Waals surface area contributed by atoms with E-state index in [2.05, 4.69) is 12.0 Å². The van der Waals surface area contributed by atoms with E-state index in [0.29, 0.717) is 12.0 Å². The number of rotatable bonds is 8. The van der Waals surface area contributed by atoms with Crippen molar-refractivity contribution >= 4 is 0 Å². The summed E-state index contributed by atoms with van der Waals surface area (Å²) >= 11 is 0. The van der Waals surface area contributed by atoms with Crippen molar-refractivity contribution in [2.24, 2.45) is 5.84 Å². The third kappa shape index (κ3) is 4.55. The van der Waals surface area contributed by atoms with Crippen LogP contribution in [0.25, 0.3) is 0 Å². The zero-order valence-electron chi connectivity index (χ0n) is 10.5. The summed E-state index contributed by atoms with van der Waals surface area (Å²) in [4.78, 5) is 0. The molecule has 3 N–H and O–H groups in total. The minimum Gasteiger partial charge on any atom is -0.271 e. The van der Waals surface area contributed by atoms with Crippen molar-refractivity contribution in [3.63, 3.8) is 0 Å². The average molecular weight is 254 g/mol. The molecular weight excluding hydrogens is 234 g/mol. The van der Waals surface area contributed by atoms with Gasteiger partial charge in [0.25, 0.3) is 0 Å². The minimum absolute atomic E-state index is 0.293. The highest BCUT2D eigenvalue weighted by atomic mass is 19.1. The van der Waals surface area contributed by atoms with Crippen molar-refractivity contribution in [1.29, 1.82) is 0 Å². The summed E-state index contributed by atoms with van der Waals surface area (Å²) in [6.45, 7) is 3.65. The van der Waals surface area contributed by atoms with E-state index in [-0.39, 0.29) is 6.04 Å². The van der Waals surface area contributed by atoms with Gasteiger partial charge in [0, 0.05) is 11.6 Å². The number of allylic oxidation sites excluding steroid dienone is 1. The first kappa shape index (κ1) is 14.8. The molecule has 0 radical (unpaired) electrons. The van der Waals surface area contributed by atoms with E-state index in [1.807, 2.05) is 6.08 Å². The standard InChI is InChI=1S/C14H20F2N2/c1-2-3-4-5-6-7-14(18-17)12-10-11(15)8-9-13(12)16/h2,8-10,14,18H,1,3-7,17H2. The van der Waals surface area contributed by atoms with Crippen LogP contribution in [0.3, 0.4) is 0 Å². The Morgan fingerprint density at radius 2 is 2.06 bits per heavy atom. The van der Waals surface area contributed by atoms with Crippen LogP contribution in [0.2, 0.25) is 0 Å². The number of unbranched alkanes of at least 4 members (excludes halogenated alkanes) is 3.